The Kier molecular flexibility index (Phi) is 4.47. The molecule has 0 aliphatic heterocycles. The summed E-state index contributed by atoms with van der Waals surface area (Å²) in [6.45, 7) is 1.46. The van der Waals surface area contributed by atoms with Crippen LogP contribution in [0.25, 0.3) is 0 Å². The number of hydrogen-bond acceptors (Lipinski definition) is 5. The van der Waals surface area contributed by atoms with Crippen molar-refractivity contribution in [2.75, 3.05) is 20.6 Å². The molecule has 0 radical (unpaired) electrons. The van der Waals surface area contributed by atoms with E-state index in [1.807, 2.05) is 19.0 Å². The second-order valence-electron chi connectivity index (χ2n) is 4.44. The van der Waals surface area contributed by atoms with E-state index in [-0.39, 0.29) is 0 Å². The van der Waals surface area contributed by atoms with Gasteiger partial charge in [-0.15, -0.1) is 0 Å². The van der Waals surface area contributed by atoms with E-state index in [1.165, 1.54) is 12.5 Å². The second-order valence-corrected chi connectivity index (χ2v) is 4.85. The SMILES string of the molecule is CN(C)CCn1ncc(Cl)c1C(O)c1ccncn1. The van der Waals surface area contributed by atoms with Crippen LogP contribution < -0.4 is 0 Å². The van der Waals surface area contributed by atoms with Crippen molar-refractivity contribution in [3.8, 4) is 0 Å². The molecule has 0 bridgehead atoms. The summed E-state index contributed by atoms with van der Waals surface area (Å²) in [6, 6.07) is 1.66. The molecule has 2 heterocycles. The molecule has 0 aromatic carbocycles. The van der Waals surface area contributed by atoms with E-state index in [1.54, 1.807) is 16.9 Å². The van der Waals surface area contributed by atoms with Gasteiger partial charge in [0.05, 0.1) is 29.2 Å². The van der Waals surface area contributed by atoms with Crippen LogP contribution in [0.1, 0.15) is 17.5 Å². The molecular formula is C12H16ClN5O. The van der Waals surface area contributed by atoms with Gasteiger partial charge in [-0.05, 0) is 20.2 Å². The molecule has 0 fully saturated rings. The molecule has 6 nitrogen and oxygen atoms in total. The topological polar surface area (TPSA) is 67.1 Å². The van der Waals surface area contributed by atoms with Crippen LogP contribution in [0.3, 0.4) is 0 Å². The van der Waals surface area contributed by atoms with E-state index >= 15 is 0 Å². The van der Waals surface area contributed by atoms with E-state index in [0.717, 1.165) is 6.54 Å². The molecule has 2 aromatic heterocycles. The molecule has 0 aliphatic carbocycles. The lowest BCUT2D eigenvalue weighted by Crippen LogP contribution is -2.21. The highest BCUT2D eigenvalue weighted by Gasteiger charge is 2.20. The third-order valence-corrected chi connectivity index (χ3v) is 3.03. The zero-order chi connectivity index (χ0) is 13.8. The Morgan fingerprint density at radius 2 is 2.26 bits per heavy atom. The van der Waals surface area contributed by atoms with E-state index in [9.17, 15) is 5.11 Å². The Morgan fingerprint density at radius 3 is 2.89 bits per heavy atom. The Bertz CT molecular complexity index is 528. The molecule has 1 unspecified atom stereocenters. The van der Waals surface area contributed by atoms with Gasteiger partial charge in [0.15, 0.2) is 0 Å². The maximum absolute atomic E-state index is 10.4. The van der Waals surface area contributed by atoms with E-state index < -0.39 is 6.10 Å². The van der Waals surface area contributed by atoms with Gasteiger partial charge in [-0.25, -0.2) is 9.97 Å². The lowest BCUT2D eigenvalue weighted by atomic mass is 10.2. The fourth-order valence-electron chi connectivity index (χ4n) is 1.72. The van der Waals surface area contributed by atoms with Gasteiger partial charge in [0.1, 0.15) is 12.4 Å². The molecule has 1 atom stereocenters. The predicted molar refractivity (Wildman–Crippen MR) is 71.9 cm³/mol. The molecule has 0 saturated carbocycles. The molecule has 1 N–H and O–H groups in total. The molecule has 0 saturated heterocycles. The van der Waals surface area contributed by atoms with Crippen molar-refractivity contribution in [2.45, 2.75) is 12.6 Å². The van der Waals surface area contributed by atoms with Gasteiger partial charge in [-0.2, -0.15) is 5.10 Å². The highest BCUT2D eigenvalue weighted by Crippen LogP contribution is 2.26. The van der Waals surface area contributed by atoms with Gasteiger partial charge >= 0.3 is 0 Å². The first-order valence-electron chi connectivity index (χ1n) is 5.89. The summed E-state index contributed by atoms with van der Waals surface area (Å²) < 4.78 is 1.70. The van der Waals surface area contributed by atoms with Crippen LogP contribution in [-0.4, -0.2) is 50.4 Å². The number of aliphatic hydroxyl groups is 1. The number of aliphatic hydroxyl groups excluding tert-OH is 1. The molecular weight excluding hydrogens is 266 g/mol. The molecule has 0 spiro atoms. The van der Waals surface area contributed by atoms with Crippen molar-refractivity contribution in [2.24, 2.45) is 0 Å². The zero-order valence-corrected chi connectivity index (χ0v) is 11.6. The smallest absolute Gasteiger partial charge is 0.139 e. The van der Waals surface area contributed by atoms with Gasteiger partial charge < -0.3 is 10.0 Å². The van der Waals surface area contributed by atoms with Crippen molar-refractivity contribution in [1.29, 1.82) is 0 Å². The third-order valence-electron chi connectivity index (χ3n) is 2.74. The maximum atomic E-state index is 10.4. The summed E-state index contributed by atoms with van der Waals surface area (Å²) in [4.78, 5) is 9.91. The van der Waals surface area contributed by atoms with Crippen molar-refractivity contribution in [3.63, 3.8) is 0 Å². The molecule has 0 aliphatic rings. The normalized spacial score (nSPS) is 12.9. The summed E-state index contributed by atoms with van der Waals surface area (Å²) in [5.41, 5.74) is 1.06. The monoisotopic (exact) mass is 281 g/mol. The standard InChI is InChI=1S/C12H16ClN5O/c1-17(2)5-6-18-11(9(13)7-16-18)12(19)10-3-4-14-8-15-10/h3-4,7-8,12,19H,5-6H2,1-2H3. The Hall–Kier alpha value is -1.50. The Balaban J connectivity index is 2.26. The molecule has 7 heteroatoms. The first kappa shape index (κ1) is 13.9. The summed E-state index contributed by atoms with van der Waals surface area (Å²) in [7, 11) is 3.96. The van der Waals surface area contributed by atoms with Crippen LogP contribution in [0.5, 0.6) is 0 Å². The van der Waals surface area contributed by atoms with Crippen LogP contribution in [0, 0.1) is 0 Å². The van der Waals surface area contributed by atoms with Crippen LogP contribution in [-0.2, 0) is 6.54 Å². The van der Waals surface area contributed by atoms with Crippen LogP contribution in [0.15, 0.2) is 24.8 Å². The van der Waals surface area contributed by atoms with Crippen LogP contribution in [0.4, 0.5) is 0 Å². The largest absolute Gasteiger partial charge is 0.380 e. The number of likely N-dealkylation sites (N-methyl/N-ethyl adjacent to an activating group) is 1. The fourth-order valence-corrected chi connectivity index (χ4v) is 1.96. The summed E-state index contributed by atoms with van der Waals surface area (Å²) in [5, 5.41) is 15.0. The molecule has 19 heavy (non-hydrogen) atoms. The lowest BCUT2D eigenvalue weighted by Gasteiger charge is -2.15. The number of aromatic nitrogens is 4. The highest BCUT2D eigenvalue weighted by atomic mass is 35.5. The van der Waals surface area contributed by atoms with E-state index in [0.29, 0.717) is 23.0 Å². The van der Waals surface area contributed by atoms with Crippen molar-refractivity contribution < 1.29 is 5.11 Å². The molecule has 102 valence electrons. The van der Waals surface area contributed by atoms with Gasteiger partial charge in [0.2, 0.25) is 0 Å². The minimum atomic E-state index is -0.903. The highest BCUT2D eigenvalue weighted by molar-refractivity contribution is 6.31. The maximum Gasteiger partial charge on any atom is 0.139 e. The van der Waals surface area contributed by atoms with E-state index in [4.69, 9.17) is 11.6 Å². The van der Waals surface area contributed by atoms with Gasteiger partial charge in [0.25, 0.3) is 0 Å². The molecule has 2 aromatic rings. The zero-order valence-electron chi connectivity index (χ0n) is 10.9. The van der Waals surface area contributed by atoms with E-state index in [2.05, 4.69) is 15.1 Å². The summed E-state index contributed by atoms with van der Waals surface area (Å²) in [6.07, 6.45) is 3.62. The first-order chi connectivity index (χ1) is 9.09. The minimum absolute atomic E-state index is 0.435. The summed E-state index contributed by atoms with van der Waals surface area (Å²) >= 11 is 6.10. The number of rotatable bonds is 5. The Labute approximate surface area is 116 Å². The number of hydrogen-bond donors (Lipinski definition) is 1. The predicted octanol–water partition coefficient (Wildman–Crippen LogP) is 0.970. The molecule has 2 rings (SSSR count). The number of halogens is 1. The first-order valence-corrected chi connectivity index (χ1v) is 6.27. The minimum Gasteiger partial charge on any atom is -0.380 e. The summed E-state index contributed by atoms with van der Waals surface area (Å²) in [5.74, 6) is 0. The lowest BCUT2D eigenvalue weighted by molar-refractivity contribution is 0.201. The van der Waals surface area contributed by atoms with Crippen molar-refractivity contribution in [1.82, 2.24) is 24.6 Å². The number of nitrogens with zero attached hydrogens (tertiary/aromatic N) is 5. The van der Waals surface area contributed by atoms with Crippen LogP contribution >= 0.6 is 11.6 Å². The quantitative estimate of drug-likeness (QED) is 0.885. The van der Waals surface area contributed by atoms with Crippen LogP contribution in [0.2, 0.25) is 5.02 Å². The van der Waals surface area contributed by atoms with Crippen molar-refractivity contribution >= 4 is 11.6 Å². The van der Waals surface area contributed by atoms with Gasteiger partial charge in [-0.1, -0.05) is 11.6 Å². The molecule has 0 amide bonds. The fraction of sp³-hybridized carbons (Fsp3) is 0.417. The van der Waals surface area contributed by atoms with Gasteiger partial charge in [-0.3, -0.25) is 4.68 Å². The Morgan fingerprint density at radius 1 is 1.47 bits per heavy atom. The van der Waals surface area contributed by atoms with Gasteiger partial charge in [0, 0.05) is 12.7 Å². The third kappa shape index (κ3) is 3.28. The average Bonchev–Trinajstić information content (AvgIpc) is 2.78. The average molecular weight is 282 g/mol. The second kappa shape index (κ2) is 6.10. The van der Waals surface area contributed by atoms with Crippen molar-refractivity contribution in [3.05, 3.63) is 41.2 Å².